The molecule has 0 aromatic rings. The summed E-state index contributed by atoms with van der Waals surface area (Å²) in [7, 11) is 2.01. The van der Waals surface area contributed by atoms with Gasteiger partial charge in [0.15, 0.2) is 0 Å². The average Bonchev–Trinajstić information content (AvgIpc) is 3.01. The molecule has 0 spiro atoms. The van der Waals surface area contributed by atoms with Gasteiger partial charge in [0.1, 0.15) is 0 Å². The highest BCUT2D eigenvalue weighted by atomic mass is 16.2. The van der Waals surface area contributed by atoms with Gasteiger partial charge in [0, 0.05) is 32.2 Å². The minimum Gasteiger partial charge on any atom is -0.342 e. The number of hydrogen-bond acceptors (Lipinski definition) is 4. The zero-order valence-corrected chi connectivity index (χ0v) is 12.4. The van der Waals surface area contributed by atoms with Gasteiger partial charge in [-0.25, -0.2) is 0 Å². The highest BCUT2D eigenvalue weighted by molar-refractivity contribution is 5.79. The Labute approximate surface area is 120 Å². The van der Waals surface area contributed by atoms with Gasteiger partial charge in [-0.2, -0.15) is 0 Å². The van der Waals surface area contributed by atoms with E-state index in [1.807, 2.05) is 16.8 Å². The van der Waals surface area contributed by atoms with E-state index < -0.39 is 0 Å². The lowest BCUT2D eigenvalue weighted by Gasteiger charge is -2.36. The second-order valence-corrected chi connectivity index (χ2v) is 5.82. The van der Waals surface area contributed by atoms with E-state index in [9.17, 15) is 9.59 Å². The molecule has 2 aliphatic rings. The van der Waals surface area contributed by atoms with Crippen LogP contribution in [0, 0.1) is 0 Å². The fourth-order valence-corrected chi connectivity index (χ4v) is 3.09. The van der Waals surface area contributed by atoms with Crippen molar-refractivity contribution in [3.8, 4) is 0 Å². The van der Waals surface area contributed by atoms with Gasteiger partial charge in [0.25, 0.3) is 0 Å². The molecule has 0 atom stereocenters. The molecule has 6 heteroatoms. The molecule has 2 rings (SSSR count). The summed E-state index contributed by atoms with van der Waals surface area (Å²) in [5.41, 5.74) is 5.38. The Balaban J connectivity index is 1.75. The Morgan fingerprint density at radius 2 is 1.60 bits per heavy atom. The first-order valence-electron chi connectivity index (χ1n) is 7.57. The van der Waals surface area contributed by atoms with E-state index in [-0.39, 0.29) is 18.4 Å². The van der Waals surface area contributed by atoms with Crippen LogP contribution in [0.15, 0.2) is 0 Å². The van der Waals surface area contributed by atoms with Crippen LogP contribution in [0.2, 0.25) is 0 Å². The number of amides is 2. The topological polar surface area (TPSA) is 69.9 Å². The largest absolute Gasteiger partial charge is 0.342 e. The van der Waals surface area contributed by atoms with Gasteiger partial charge < -0.3 is 15.5 Å². The molecule has 0 saturated carbocycles. The van der Waals surface area contributed by atoms with Gasteiger partial charge in [-0.3, -0.25) is 14.5 Å². The van der Waals surface area contributed by atoms with Crippen molar-refractivity contribution >= 4 is 11.8 Å². The lowest BCUT2D eigenvalue weighted by molar-refractivity contribution is -0.134. The van der Waals surface area contributed by atoms with E-state index in [2.05, 4.69) is 4.90 Å². The van der Waals surface area contributed by atoms with Crippen LogP contribution in [-0.2, 0) is 9.59 Å². The summed E-state index contributed by atoms with van der Waals surface area (Å²) in [4.78, 5) is 29.6. The van der Waals surface area contributed by atoms with Crippen molar-refractivity contribution in [2.24, 2.45) is 5.73 Å². The third-order valence-corrected chi connectivity index (χ3v) is 4.46. The van der Waals surface area contributed by atoms with Gasteiger partial charge in [0.2, 0.25) is 11.8 Å². The number of likely N-dealkylation sites (tertiary alicyclic amines) is 2. The predicted molar refractivity (Wildman–Crippen MR) is 77.1 cm³/mol. The van der Waals surface area contributed by atoms with Crippen LogP contribution < -0.4 is 5.73 Å². The van der Waals surface area contributed by atoms with Crippen LogP contribution in [0.3, 0.4) is 0 Å². The highest BCUT2D eigenvalue weighted by Crippen LogP contribution is 2.16. The van der Waals surface area contributed by atoms with Crippen molar-refractivity contribution in [3.05, 3.63) is 0 Å². The Hall–Kier alpha value is -1.14. The maximum Gasteiger partial charge on any atom is 0.236 e. The van der Waals surface area contributed by atoms with Crippen molar-refractivity contribution in [2.45, 2.75) is 31.7 Å². The molecule has 2 saturated heterocycles. The SMILES string of the molecule is CN(CC(=O)N1CCCC1)C1CCN(C(=O)CN)CC1. The Morgan fingerprint density at radius 1 is 1.05 bits per heavy atom. The number of carbonyl (C=O) groups excluding carboxylic acids is 2. The monoisotopic (exact) mass is 282 g/mol. The van der Waals surface area contributed by atoms with E-state index in [0.29, 0.717) is 12.6 Å². The molecule has 2 amide bonds. The molecule has 2 heterocycles. The van der Waals surface area contributed by atoms with E-state index in [0.717, 1.165) is 51.9 Å². The Bertz CT molecular complexity index is 347. The molecule has 2 fully saturated rings. The number of nitrogens with two attached hydrogens (primary N) is 1. The van der Waals surface area contributed by atoms with Crippen LogP contribution >= 0.6 is 0 Å². The normalized spacial score (nSPS) is 20.8. The zero-order chi connectivity index (χ0) is 14.5. The van der Waals surface area contributed by atoms with E-state index >= 15 is 0 Å². The number of rotatable bonds is 4. The molecular formula is C14H26N4O2. The molecule has 2 aliphatic heterocycles. The van der Waals surface area contributed by atoms with E-state index in [4.69, 9.17) is 5.73 Å². The molecule has 0 aliphatic carbocycles. The summed E-state index contributed by atoms with van der Waals surface area (Å²) in [6, 6.07) is 0.392. The van der Waals surface area contributed by atoms with Gasteiger partial charge in [-0.05, 0) is 32.7 Å². The summed E-state index contributed by atoms with van der Waals surface area (Å²) in [5.74, 6) is 0.268. The third-order valence-electron chi connectivity index (χ3n) is 4.46. The Morgan fingerprint density at radius 3 is 2.15 bits per heavy atom. The number of piperidine rings is 1. The average molecular weight is 282 g/mol. The van der Waals surface area contributed by atoms with Crippen LogP contribution in [-0.4, -0.2) is 78.9 Å². The standard InChI is InChI=1S/C14H26N4O2/c1-16(11-14(20)17-6-2-3-7-17)12-4-8-18(9-5-12)13(19)10-15/h12H,2-11,15H2,1H3. The van der Waals surface area contributed by atoms with Crippen molar-refractivity contribution in [1.29, 1.82) is 0 Å². The molecule has 0 aromatic heterocycles. The molecule has 114 valence electrons. The summed E-state index contributed by atoms with van der Waals surface area (Å²) >= 11 is 0. The highest BCUT2D eigenvalue weighted by Gasteiger charge is 2.27. The molecule has 0 bridgehead atoms. The lowest BCUT2D eigenvalue weighted by Crippen LogP contribution is -2.49. The molecule has 2 N–H and O–H groups in total. The Kier molecular flexibility index (Phi) is 5.37. The minimum absolute atomic E-state index is 0.0271. The molecule has 0 radical (unpaired) electrons. The summed E-state index contributed by atoms with van der Waals surface area (Å²) in [6.45, 7) is 3.92. The van der Waals surface area contributed by atoms with Crippen molar-refractivity contribution in [3.63, 3.8) is 0 Å². The summed E-state index contributed by atoms with van der Waals surface area (Å²) < 4.78 is 0. The predicted octanol–water partition coefficient (Wildman–Crippen LogP) is -0.510. The van der Waals surface area contributed by atoms with Crippen molar-refractivity contribution in [1.82, 2.24) is 14.7 Å². The molecule has 0 unspecified atom stereocenters. The number of likely N-dealkylation sites (N-methyl/N-ethyl adjacent to an activating group) is 1. The lowest BCUT2D eigenvalue weighted by atomic mass is 10.0. The zero-order valence-electron chi connectivity index (χ0n) is 12.4. The molecule has 0 aromatic carbocycles. The fraction of sp³-hybridized carbons (Fsp3) is 0.857. The minimum atomic E-state index is 0.0271. The first kappa shape index (κ1) is 15.3. The van der Waals surface area contributed by atoms with Crippen LogP contribution in [0.25, 0.3) is 0 Å². The summed E-state index contributed by atoms with van der Waals surface area (Å²) in [6.07, 6.45) is 4.12. The van der Waals surface area contributed by atoms with Gasteiger partial charge in [-0.15, -0.1) is 0 Å². The van der Waals surface area contributed by atoms with Crippen LogP contribution in [0.5, 0.6) is 0 Å². The van der Waals surface area contributed by atoms with Crippen molar-refractivity contribution in [2.75, 3.05) is 46.3 Å². The summed E-state index contributed by atoms with van der Waals surface area (Å²) in [5, 5.41) is 0. The maximum atomic E-state index is 12.1. The van der Waals surface area contributed by atoms with E-state index in [1.54, 1.807) is 0 Å². The maximum absolute atomic E-state index is 12.1. The van der Waals surface area contributed by atoms with Gasteiger partial charge >= 0.3 is 0 Å². The second kappa shape index (κ2) is 7.04. The molecule has 6 nitrogen and oxygen atoms in total. The molecule has 20 heavy (non-hydrogen) atoms. The number of hydrogen-bond donors (Lipinski definition) is 1. The first-order valence-corrected chi connectivity index (χ1v) is 7.57. The van der Waals surface area contributed by atoms with Crippen molar-refractivity contribution < 1.29 is 9.59 Å². The number of nitrogens with zero attached hydrogens (tertiary/aromatic N) is 3. The molecular weight excluding hydrogens is 256 g/mol. The third kappa shape index (κ3) is 3.70. The quantitative estimate of drug-likeness (QED) is 0.754. The van der Waals surface area contributed by atoms with Crippen LogP contribution in [0.1, 0.15) is 25.7 Å². The van der Waals surface area contributed by atoms with E-state index in [1.165, 1.54) is 0 Å². The smallest absolute Gasteiger partial charge is 0.236 e. The van der Waals surface area contributed by atoms with Crippen LogP contribution in [0.4, 0.5) is 0 Å². The number of carbonyl (C=O) groups is 2. The second-order valence-electron chi connectivity index (χ2n) is 5.82. The fourth-order valence-electron chi connectivity index (χ4n) is 3.09. The van der Waals surface area contributed by atoms with Gasteiger partial charge in [-0.1, -0.05) is 0 Å². The van der Waals surface area contributed by atoms with Gasteiger partial charge in [0.05, 0.1) is 13.1 Å². The first-order chi connectivity index (χ1) is 9.61.